The van der Waals surface area contributed by atoms with E-state index in [2.05, 4.69) is 210 Å². The molecule has 0 radical (unpaired) electrons. The molecule has 12 rings (SSSR count). The monoisotopic (exact) mass is 784 g/mol. The molecule has 1 aliphatic rings. The lowest BCUT2D eigenvalue weighted by Gasteiger charge is -2.24. The van der Waals surface area contributed by atoms with Crippen molar-refractivity contribution in [2.75, 3.05) is 0 Å². The Morgan fingerprint density at radius 1 is 0.483 bits per heavy atom. The molecule has 0 spiro atoms. The summed E-state index contributed by atoms with van der Waals surface area (Å²) in [6.07, 6.45) is 2.23. The van der Waals surface area contributed by atoms with E-state index < -0.39 is 0 Å². The summed E-state index contributed by atoms with van der Waals surface area (Å²) in [5.41, 5.74) is 13.3. The molecule has 0 fully saturated rings. The molecule has 8 aromatic carbocycles. The van der Waals surface area contributed by atoms with Crippen molar-refractivity contribution in [2.24, 2.45) is 4.99 Å². The number of rotatable bonds is 6. The van der Waals surface area contributed by atoms with E-state index in [4.69, 9.17) is 9.98 Å². The van der Waals surface area contributed by atoms with Gasteiger partial charge in [0.1, 0.15) is 5.84 Å². The van der Waals surface area contributed by atoms with Crippen LogP contribution in [0.5, 0.6) is 0 Å². The second-order valence-electron chi connectivity index (χ2n) is 15.4. The molecular weight excluding hydrogens is 749 g/mol. The van der Waals surface area contributed by atoms with Gasteiger partial charge in [-0.3, -0.25) is 0 Å². The van der Waals surface area contributed by atoms with E-state index in [1.165, 1.54) is 58.6 Å². The van der Waals surface area contributed by atoms with Gasteiger partial charge in [0.25, 0.3) is 0 Å². The quantitative estimate of drug-likeness (QED) is 0.182. The van der Waals surface area contributed by atoms with E-state index >= 15 is 0 Å². The normalized spacial score (nSPS) is 14.2. The molecule has 5 heteroatoms. The standard InChI is InChI=1S/C55H36N4S/c1-3-15-38(16-4-1)46-34-47(58-55(57-46)41-17-5-2-6-18-41)39-30-26-35(27-31-39)36-28-32-40(33-29-36)51-50-52-54(60-53(50)43-21-9-11-23-45(43)56-51)44-22-10-12-24-49(44)59(52)48-25-13-19-37-14-7-8-20-42(37)48/h1-34,46H,(H,57,58). The predicted molar refractivity (Wildman–Crippen MR) is 253 cm³/mol. The summed E-state index contributed by atoms with van der Waals surface area (Å²) in [4.78, 5) is 10.6. The van der Waals surface area contributed by atoms with E-state index in [9.17, 15) is 0 Å². The van der Waals surface area contributed by atoms with Crippen LogP contribution in [0.1, 0.15) is 22.7 Å². The number of fused-ring (bicyclic) bond motifs is 8. The molecule has 4 nitrogen and oxygen atoms in total. The Morgan fingerprint density at radius 3 is 1.88 bits per heavy atom. The lowest BCUT2D eigenvalue weighted by atomic mass is 9.97. The Bertz CT molecular complexity index is 3480. The van der Waals surface area contributed by atoms with Gasteiger partial charge in [-0.2, -0.15) is 0 Å². The maximum Gasteiger partial charge on any atom is 0.134 e. The van der Waals surface area contributed by atoms with Crippen LogP contribution in [-0.4, -0.2) is 15.4 Å². The third-order valence-electron chi connectivity index (χ3n) is 11.8. The van der Waals surface area contributed by atoms with Gasteiger partial charge in [-0.1, -0.05) is 182 Å². The van der Waals surface area contributed by atoms with Gasteiger partial charge in [0, 0.05) is 37.4 Å². The highest BCUT2D eigenvalue weighted by molar-refractivity contribution is 7.27. The van der Waals surface area contributed by atoms with Gasteiger partial charge in [-0.15, -0.1) is 11.3 Å². The smallest absolute Gasteiger partial charge is 0.134 e. The summed E-state index contributed by atoms with van der Waals surface area (Å²) in [5, 5.41) is 9.74. The minimum Gasteiger partial charge on any atom is -0.359 e. The first-order valence-corrected chi connectivity index (χ1v) is 21.2. The van der Waals surface area contributed by atoms with Crippen molar-refractivity contribution >= 4 is 75.8 Å². The number of thiophene rings is 1. The van der Waals surface area contributed by atoms with Gasteiger partial charge in [0.15, 0.2) is 0 Å². The van der Waals surface area contributed by atoms with E-state index in [0.717, 1.165) is 50.6 Å². The highest BCUT2D eigenvalue weighted by Gasteiger charge is 2.24. The van der Waals surface area contributed by atoms with E-state index in [-0.39, 0.29) is 6.04 Å². The van der Waals surface area contributed by atoms with Gasteiger partial charge in [-0.05, 0) is 51.9 Å². The van der Waals surface area contributed by atoms with Crippen LogP contribution in [0.2, 0.25) is 0 Å². The molecule has 11 aromatic rings. The molecule has 1 N–H and O–H groups in total. The van der Waals surface area contributed by atoms with Crippen molar-refractivity contribution in [3.8, 4) is 28.1 Å². The Labute approximate surface area is 351 Å². The van der Waals surface area contributed by atoms with Crippen LogP contribution in [-0.2, 0) is 0 Å². The average molecular weight is 785 g/mol. The van der Waals surface area contributed by atoms with Gasteiger partial charge in [0.2, 0.25) is 0 Å². The molecule has 0 bridgehead atoms. The summed E-state index contributed by atoms with van der Waals surface area (Å²) in [6, 6.07) is 71.4. The molecule has 0 amide bonds. The van der Waals surface area contributed by atoms with Crippen LogP contribution >= 0.6 is 11.3 Å². The van der Waals surface area contributed by atoms with Crippen LogP contribution in [0, 0.1) is 0 Å². The summed E-state index contributed by atoms with van der Waals surface area (Å²) >= 11 is 1.88. The first-order chi connectivity index (χ1) is 29.7. The van der Waals surface area contributed by atoms with Crippen molar-refractivity contribution in [3.05, 3.63) is 223 Å². The molecule has 0 saturated carbocycles. The third-order valence-corrected chi connectivity index (χ3v) is 13.1. The number of aromatic nitrogens is 2. The lowest BCUT2D eigenvalue weighted by molar-refractivity contribution is 0.781. The predicted octanol–water partition coefficient (Wildman–Crippen LogP) is 14.2. The van der Waals surface area contributed by atoms with Crippen molar-refractivity contribution in [3.63, 3.8) is 0 Å². The highest BCUT2D eigenvalue weighted by atomic mass is 32.1. The van der Waals surface area contributed by atoms with E-state index in [0.29, 0.717) is 0 Å². The maximum absolute atomic E-state index is 5.45. The molecule has 282 valence electrons. The molecule has 3 aromatic heterocycles. The molecule has 1 aliphatic heterocycles. The lowest BCUT2D eigenvalue weighted by Crippen LogP contribution is -2.31. The maximum atomic E-state index is 5.45. The fourth-order valence-electron chi connectivity index (χ4n) is 8.95. The van der Waals surface area contributed by atoms with Crippen LogP contribution in [0.15, 0.2) is 211 Å². The van der Waals surface area contributed by atoms with Crippen molar-refractivity contribution in [1.82, 2.24) is 14.9 Å². The largest absolute Gasteiger partial charge is 0.359 e. The first kappa shape index (κ1) is 34.4. The van der Waals surface area contributed by atoms with Crippen LogP contribution < -0.4 is 5.32 Å². The zero-order valence-corrected chi connectivity index (χ0v) is 33.3. The Kier molecular flexibility index (Phi) is 8.06. The summed E-state index contributed by atoms with van der Waals surface area (Å²) in [7, 11) is 0. The number of para-hydroxylation sites is 2. The second kappa shape index (κ2) is 14.0. The number of nitrogens with zero attached hydrogens (tertiary/aromatic N) is 3. The Balaban J connectivity index is 0.972. The van der Waals surface area contributed by atoms with Crippen molar-refractivity contribution in [1.29, 1.82) is 0 Å². The number of amidine groups is 1. The molecule has 0 aliphatic carbocycles. The second-order valence-corrected chi connectivity index (χ2v) is 16.4. The molecule has 60 heavy (non-hydrogen) atoms. The number of benzene rings is 8. The number of hydrogen-bond acceptors (Lipinski definition) is 4. The molecule has 0 saturated heterocycles. The van der Waals surface area contributed by atoms with Crippen LogP contribution in [0.25, 0.3) is 86.6 Å². The number of hydrogen-bond donors (Lipinski definition) is 1. The molecule has 1 unspecified atom stereocenters. The molecule has 4 heterocycles. The summed E-state index contributed by atoms with van der Waals surface area (Å²) < 4.78 is 5.03. The molecular formula is C55H36N4S. The Hall–Kier alpha value is -7.60. The SMILES string of the molecule is C1=C(c2ccc(-c3ccc(-c4nc5ccccc5c5sc6c7ccccc7n(-c7cccc8ccccc78)c6c45)cc3)cc2)N=C(c2ccccc2)NC1c1ccccc1. The fraction of sp³-hybridized carbons (Fsp3) is 0.0182. The average Bonchev–Trinajstić information content (AvgIpc) is 3.87. The van der Waals surface area contributed by atoms with Gasteiger partial charge < -0.3 is 9.88 Å². The topological polar surface area (TPSA) is 42.2 Å². The third kappa shape index (κ3) is 5.66. The highest BCUT2D eigenvalue weighted by Crippen LogP contribution is 2.48. The Morgan fingerprint density at radius 2 is 1.10 bits per heavy atom. The minimum absolute atomic E-state index is 0.00838. The minimum atomic E-state index is 0.00838. The van der Waals surface area contributed by atoms with E-state index in [1.54, 1.807) is 0 Å². The van der Waals surface area contributed by atoms with Crippen molar-refractivity contribution in [2.45, 2.75) is 6.04 Å². The van der Waals surface area contributed by atoms with Crippen molar-refractivity contribution < 1.29 is 0 Å². The first-order valence-electron chi connectivity index (χ1n) is 20.4. The number of nitrogens with one attached hydrogen (secondary N) is 1. The zero-order valence-electron chi connectivity index (χ0n) is 32.5. The van der Waals surface area contributed by atoms with Crippen LogP contribution in [0.3, 0.4) is 0 Å². The summed E-state index contributed by atoms with van der Waals surface area (Å²) in [5.74, 6) is 0.874. The number of pyridine rings is 1. The van der Waals surface area contributed by atoms with E-state index in [1.807, 2.05) is 17.4 Å². The van der Waals surface area contributed by atoms with Gasteiger partial charge in [-0.25, -0.2) is 9.98 Å². The van der Waals surface area contributed by atoms with Gasteiger partial charge >= 0.3 is 0 Å². The summed E-state index contributed by atoms with van der Waals surface area (Å²) in [6.45, 7) is 0. The van der Waals surface area contributed by atoms with Crippen LogP contribution in [0.4, 0.5) is 0 Å². The zero-order chi connectivity index (χ0) is 39.6. The fourth-order valence-corrected chi connectivity index (χ4v) is 10.3. The molecule has 1 atom stereocenters. The number of aliphatic imine (C=N–C) groups is 1. The van der Waals surface area contributed by atoms with Gasteiger partial charge in [0.05, 0.1) is 44.4 Å².